The van der Waals surface area contributed by atoms with Crippen molar-refractivity contribution in [2.75, 3.05) is 19.0 Å². The summed E-state index contributed by atoms with van der Waals surface area (Å²) >= 11 is 0. The van der Waals surface area contributed by atoms with E-state index in [1.165, 1.54) is 25.7 Å². The van der Waals surface area contributed by atoms with E-state index in [0.29, 0.717) is 6.54 Å². The van der Waals surface area contributed by atoms with Crippen LogP contribution >= 0.6 is 0 Å². The van der Waals surface area contributed by atoms with Crippen LogP contribution in [0.15, 0.2) is 12.1 Å². The predicted octanol–water partition coefficient (Wildman–Crippen LogP) is 2.77. The van der Waals surface area contributed by atoms with Crippen LogP contribution in [0.2, 0.25) is 0 Å². The van der Waals surface area contributed by atoms with Gasteiger partial charge in [-0.15, -0.1) is 0 Å². The third kappa shape index (κ3) is 3.12. The first-order valence-electron chi connectivity index (χ1n) is 6.99. The molecule has 1 N–H and O–H groups in total. The van der Waals surface area contributed by atoms with Crippen molar-refractivity contribution in [3.05, 3.63) is 27.9 Å². The first-order chi connectivity index (χ1) is 10.0. The maximum atomic E-state index is 11.5. The summed E-state index contributed by atoms with van der Waals surface area (Å²) in [7, 11) is 1.25. The van der Waals surface area contributed by atoms with Crippen molar-refractivity contribution in [3.8, 4) is 0 Å². The van der Waals surface area contributed by atoms with Crippen molar-refractivity contribution in [2.24, 2.45) is 5.41 Å². The zero-order valence-corrected chi connectivity index (χ0v) is 12.2. The average molecular weight is 293 g/mol. The van der Waals surface area contributed by atoms with E-state index < -0.39 is 10.9 Å². The molecule has 0 aliphatic heterocycles. The third-order valence-electron chi connectivity index (χ3n) is 4.26. The minimum Gasteiger partial charge on any atom is -0.464 e. The molecule has 1 heterocycles. The van der Waals surface area contributed by atoms with E-state index in [2.05, 4.69) is 22.0 Å². The Labute approximate surface area is 122 Å². The van der Waals surface area contributed by atoms with E-state index in [-0.39, 0.29) is 22.6 Å². The van der Waals surface area contributed by atoms with E-state index >= 15 is 0 Å². The molecule has 0 aromatic carbocycles. The van der Waals surface area contributed by atoms with E-state index in [0.717, 1.165) is 19.3 Å². The van der Waals surface area contributed by atoms with Gasteiger partial charge in [-0.2, -0.15) is 0 Å². The molecule has 0 atom stereocenters. The summed E-state index contributed by atoms with van der Waals surface area (Å²) in [6, 6.07) is 2.58. The lowest BCUT2D eigenvalue weighted by molar-refractivity contribution is -0.384. The van der Waals surface area contributed by atoms with Crippen LogP contribution in [0, 0.1) is 15.5 Å². The minimum atomic E-state index is -0.609. The highest BCUT2D eigenvalue weighted by Gasteiger charge is 2.35. The van der Waals surface area contributed by atoms with Crippen LogP contribution in [0.5, 0.6) is 0 Å². The van der Waals surface area contributed by atoms with Gasteiger partial charge in [0, 0.05) is 12.6 Å². The number of carbonyl (C=O) groups is 1. The largest absolute Gasteiger partial charge is 0.464 e. The normalized spacial score (nSPS) is 15.9. The molecule has 114 valence electrons. The van der Waals surface area contributed by atoms with Crippen molar-refractivity contribution < 1.29 is 14.5 Å². The fourth-order valence-electron chi connectivity index (χ4n) is 2.55. The molecule has 1 aromatic heterocycles. The number of nitrogens with one attached hydrogen (secondary N) is 1. The molecule has 0 bridgehead atoms. The molecule has 1 aromatic rings. The van der Waals surface area contributed by atoms with Crippen LogP contribution in [0.25, 0.3) is 0 Å². The lowest BCUT2D eigenvalue weighted by Gasteiger charge is -2.41. The second kappa shape index (κ2) is 6.07. The van der Waals surface area contributed by atoms with Crippen molar-refractivity contribution in [1.29, 1.82) is 0 Å². The van der Waals surface area contributed by atoms with Gasteiger partial charge < -0.3 is 10.1 Å². The molecular weight excluding hydrogens is 274 g/mol. The van der Waals surface area contributed by atoms with Gasteiger partial charge in [0.05, 0.1) is 12.0 Å². The fraction of sp³-hybridized carbons (Fsp3) is 0.571. The number of nitro groups is 1. The number of anilines is 1. The number of aromatic nitrogens is 1. The second-order valence-electron chi connectivity index (χ2n) is 5.37. The molecule has 1 saturated carbocycles. The predicted molar refractivity (Wildman–Crippen MR) is 77.3 cm³/mol. The summed E-state index contributed by atoms with van der Waals surface area (Å²) < 4.78 is 4.59. The van der Waals surface area contributed by atoms with E-state index in [1.807, 2.05) is 0 Å². The summed E-state index contributed by atoms with van der Waals surface area (Å²) in [6.07, 6.45) is 4.43. The van der Waals surface area contributed by atoms with Crippen LogP contribution in [0.1, 0.15) is 43.1 Å². The lowest BCUT2D eigenvalue weighted by atomic mass is 9.67. The maximum absolute atomic E-state index is 11.5. The molecule has 0 saturated heterocycles. The zero-order chi connectivity index (χ0) is 15.5. The van der Waals surface area contributed by atoms with Crippen LogP contribution < -0.4 is 5.32 Å². The van der Waals surface area contributed by atoms with Gasteiger partial charge in [-0.1, -0.05) is 13.3 Å². The fourth-order valence-corrected chi connectivity index (χ4v) is 2.55. The molecule has 21 heavy (non-hydrogen) atoms. The van der Waals surface area contributed by atoms with E-state index in [9.17, 15) is 14.9 Å². The van der Waals surface area contributed by atoms with Gasteiger partial charge >= 0.3 is 11.7 Å². The molecule has 1 fully saturated rings. The van der Waals surface area contributed by atoms with Crippen molar-refractivity contribution in [1.82, 2.24) is 4.98 Å². The van der Waals surface area contributed by atoms with Crippen LogP contribution in [0.3, 0.4) is 0 Å². The van der Waals surface area contributed by atoms with Gasteiger partial charge in [-0.05, 0) is 30.7 Å². The molecule has 0 spiro atoms. The number of esters is 1. The van der Waals surface area contributed by atoms with Crippen LogP contribution in [-0.2, 0) is 4.74 Å². The number of carbonyl (C=O) groups excluding carboxylic acids is 1. The molecule has 0 unspecified atom stereocenters. The Morgan fingerprint density at radius 3 is 2.71 bits per heavy atom. The quantitative estimate of drug-likeness (QED) is 0.492. The standard InChI is InChI=1S/C14H19N3O4/c1-3-14(7-4-8-14)9-15-12-11(17(19)20)6-5-10(16-12)13(18)21-2/h5-6H,3-4,7-9H2,1-2H3,(H,15,16). The van der Waals surface area contributed by atoms with Gasteiger partial charge in [-0.25, -0.2) is 9.78 Å². The number of hydrogen-bond acceptors (Lipinski definition) is 6. The first-order valence-corrected chi connectivity index (χ1v) is 6.99. The molecule has 7 heteroatoms. The lowest BCUT2D eigenvalue weighted by Crippen LogP contribution is -2.36. The van der Waals surface area contributed by atoms with Crippen LogP contribution in [0.4, 0.5) is 11.5 Å². The van der Waals surface area contributed by atoms with E-state index in [1.54, 1.807) is 0 Å². The second-order valence-corrected chi connectivity index (χ2v) is 5.37. The minimum absolute atomic E-state index is 0.0600. The molecule has 0 radical (unpaired) electrons. The molecular formula is C14H19N3O4. The van der Waals surface area contributed by atoms with Gasteiger partial charge in [0.1, 0.15) is 0 Å². The number of ether oxygens (including phenoxy) is 1. The van der Waals surface area contributed by atoms with Gasteiger partial charge in [0.2, 0.25) is 5.82 Å². The summed E-state index contributed by atoms with van der Waals surface area (Å²) in [5, 5.41) is 14.1. The Balaban J connectivity index is 2.22. The number of pyridine rings is 1. The number of rotatable bonds is 6. The molecule has 1 aliphatic carbocycles. The number of methoxy groups -OCH3 is 1. The Morgan fingerprint density at radius 1 is 1.52 bits per heavy atom. The molecule has 1 aliphatic rings. The number of hydrogen-bond donors (Lipinski definition) is 1. The summed E-state index contributed by atoms with van der Waals surface area (Å²) in [6.45, 7) is 2.75. The van der Waals surface area contributed by atoms with E-state index in [4.69, 9.17) is 0 Å². The highest BCUT2D eigenvalue weighted by molar-refractivity contribution is 5.88. The highest BCUT2D eigenvalue weighted by Crippen LogP contribution is 2.44. The van der Waals surface area contributed by atoms with Crippen molar-refractivity contribution >= 4 is 17.5 Å². The first kappa shape index (κ1) is 15.2. The monoisotopic (exact) mass is 293 g/mol. The Kier molecular flexibility index (Phi) is 4.40. The molecule has 7 nitrogen and oxygen atoms in total. The SMILES string of the molecule is CCC1(CNc2nc(C(=O)OC)ccc2[N+](=O)[O-])CCC1. The Hall–Kier alpha value is -2.18. The topological polar surface area (TPSA) is 94.4 Å². The Morgan fingerprint density at radius 2 is 2.24 bits per heavy atom. The van der Waals surface area contributed by atoms with Crippen molar-refractivity contribution in [2.45, 2.75) is 32.6 Å². The number of nitrogens with zero attached hydrogens (tertiary/aromatic N) is 2. The smallest absolute Gasteiger partial charge is 0.356 e. The van der Waals surface area contributed by atoms with Crippen LogP contribution in [-0.4, -0.2) is 29.5 Å². The summed E-state index contributed by atoms with van der Waals surface area (Å²) in [4.78, 5) is 26.1. The molecule has 2 rings (SSSR count). The molecule has 0 amide bonds. The average Bonchev–Trinajstić information content (AvgIpc) is 2.45. The van der Waals surface area contributed by atoms with Gasteiger partial charge in [0.15, 0.2) is 5.69 Å². The highest BCUT2D eigenvalue weighted by atomic mass is 16.6. The zero-order valence-electron chi connectivity index (χ0n) is 12.2. The third-order valence-corrected chi connectivity index (χ3v) is 4.26. The Bertz CT molecular complexity index is 550. The maximum Gasteiger partial charge on any atom is 0.356 e. The van der Waals surface area contributed by atoms with Gasteiger partial charge in [0.25, 0.3) is 0 Å². The summed E-state index contributed by atoms with van der Waals surface area (Å²) in [5.74, 6) is -0.482. The summed E-state index contributed by atoms with van der Waals surface area (Å²) in [5.41, 5.74) is 0.120. The van der Waals surface area contributed by atoms with Crippen molar-refractivity contribution in [3.63, 3.8) is 0 Å². The van der Waals surface area contributed by atoms with Gasteiger partial charge in [-0.3, -0.25) is 10.1 Å².